The summed E-state index contributed by atoms with van der Waals surface area (Å²) in [5.74, 6) is 0.00522. The summed E-state index contributed by atoms with van der Waals surface area (Å²) in [6.07, 6.45) is 1.77. The lowest BCUT2D eigenvalue weighted by molar-refractivity contribution is -0.122. The Morgan fingerprint density at radius 3 is 2.77 bits per heavy atom. The lowest BCUT2D eigenvalue weighted by Crippen LogP contribution is -2.28. The Bertz CT molecular complexity index is 1090. The van der Waals surface area contributed by atoms with Crippen LogP contribution in [0.4, 0.5) is 5.69 Å². The number of ether oxygens (including phenoxy) is 2. The molecule has 31 heavy (non-hydrogen) atoms. The van der Waals surface area contributed by atoms with Gasteiger partial charge in [0.25, 0.3) is 5.91 Å². The molecule has 0 radical (unpaired) electrons. The molecular weight excluding hydrogens is 414 g/mol. The smallest absolute Gasteiger partial charge is 0.338 e. The summed E-state index contributed by atoms with van der Waals surface area (Å²) in [4.78, 5) is 31.5. The predicted molar refractivity (Wildman–Crippen MR) is 120 cm³/mol. The number of amidine groups is 1. The van der Waals surface area contributed by atoms with E-state index in [0.717, 1.165) is 5.56 Å². The number of rotatable bonds is 7. The molecule has 1 fully saturated rings. The van der Waals surface area contributed by atoms with E-state index >= 15 is 0 Å². The topological polar surface area (TPSA) is 92.0 Å². The van der Waals surface area contributed by atoms with E-state index < -0.39 is 5.97 Å². The lowest BCUT2D eigenvalue weighted by atomic mass is 10.2. The summed E-state index contributed by atoms with van der Waals surface area (Å²) in [5, 5.41) is 9.20. The number of likely N-dealkylation sites (N-methyl/N-ethyl adjacent to an activating group) is 1. The summed E-state index contributed by atoms with van der Waals surface area (Å²) in [7, 11) is 0. The molecule has 1 aliphatic heterocycles. The molecule has 0 saturated carbocycles. The van der Waals surface area contributed by atoms with Crippen LogP contribution in [0.2, 0.25) is 0 Å². The molecule has 2 aromatic rings. The molecule has 0 unspecified atom stereocenters. The van der Waals surface area contributed by atoms with E-state index in [4.69, 9.17) is 14.7 Å². The van der Waals surface area contributed by atoms with Crippen molar-refractivity contribution < 1.29 is 19.1 Å². The van der Waals surface area contributed by atoms with Crippen molar-refractivity contribution in [2.45, 2.75) is 13.8 Å². The normalized spacial score (nSPS) is 15.9. The van der Waals surface area contributed by atoms with Crippen molar-refractivity contribution in [2.75, 3.05) is 19.8 Å². The maximum atomic E-state index is 12.9. The van der Waals surface area contributed by atoms with Crippen LogP contribution in [-0.4, -0.2) is 41.7 Å². The molecule has 158 valence electrons. The van der Waals surface area contributed by atoms with Gasteiger partial charge < -0.3 is 9.47 Å². The molecule has 0 atom stereocenters. The Balaban J connectivity index is 1.87. The second-order valence-corrected chi connectivity index (χ2v) is 7.35. The van der Waals surface area contributed by atoms with Crippen LogP contribution < -0.4 is 4.74 Å². The van der Waals surface area contributed by atoms with Crippen molar-refractivity contribution in [3.63, 3.8) is 0 Å². The van der Waals surface area contributed by atoms with Gasteiger partial charge in [0.2, 0.25) is 0 Å². The number of carbonyl (C=O) groups excluding carboxylic acids is 2. The first-order chi connectivity index (χ1) is 15.0. The Hall–Kier alpha value is -3.57. The molecule has 7 nitrogen and oxygen atoms in total. The first kappa shape index (κ1) is 22.1. The van der Waals surface area contributed by atoms with Crippen LogP contribution in [-0.2, 0) is 9.53 Å². The number of aliphatic imine (C=N–C) groups is 1. The van der Waals surface area contributed by atoms with E-state index in [1.165, 1.54) is 11.8 Å². The summed E-state index contributed by atoms with van der Waals surface area (Å²) in [6.45, 7) is 4.34. The fraction of sp³-hybridized carbons (Fsp3) is 0.217. The third-order valence-corrected chi connectivity index (χ3v) is 5.25. The minimum atomic E-state index is -0.411. The second kappa shape index (κ2) is 10.5. The molecule has 0 N–H and O–H groups in total. The molecule has 0 aromatic heterocycles. The average Bonchev–Trinajstić information content (AvgIpc) is 3.06. The minimum Gasteiger partial charge on any atom is -0.479 e. The summed E-state index contributed by atoms with van der Waals surface area (Å²) < 4.78 is 10.4. The van der Waals surface area contributed by atoms with Gasteiger partial charge >= 0.3 is 5.97 Å². The van der Waals surface area contributed by atoms with Crippen LogP contribution in [0.3, 0.4) is 0 Å². The largest absolute Gasteiger partial charge is 0.479 e. The molecule has 8 heteroatoms. The molecule has 0 aliphatic carbocycles. The maximum absolute atomic E-state index is 12.9. The summed E-state index contributed by atoms with van der Waals surface area (Å²) in [6, 6.07) is 15.9. The fourth-order valence-electron chi connectivity index (χ4n) is 2.86. The number of benzene rings is 2. The highest BCUT2D eigenvalue weighted by atomic mass is 32.2. The maximum Gasteiger partial charge on any atom is 0.338 e. The summed E-state index contributed by atoms with van der Waals surface area (Å²) in [5.41, 5.74) is 1.76. The highest BCUT2D eigenvalue weighted by molar-refractivity contribution is 8.18. The van der Waals surface area contributed by atoms with Gasteiger partial charge in [0.05, 0.1) is 22.8 Å². The first-order valence-corrected chi connectivity index (χ1v) is 10.5. The van der Waals surface area contributed by atoms with Crippen LogP contribution in [0.25, 0.3) is 6.08 Å². The van der Waals surface area contributed by atoms with Crippen molar-refractivity contribution in [3.8, 4) is 11.8 Å². The third-order valence-electron chi connectivity index (χ3n) is 4.25. The number of nitriles is 1. The molecule has 1 aliphatic rings. The van der Waals surface area contributed by atoms with Crippen molar-refractivity contribution in [1.82, 2.24) is 4.90 Å². The number of amides is 1. The van der Waals surface area contributed by atoms with E-state index in [1.54, 1.807) is 60.4 Å². The van der Waals surface area contributed by atoms with E-state index in [-0.39, 0.29) is 12.5 Å². The van der Waals surface area contributed by atoms with Crippen LogP contribution >= 0.6 is 11.8 Å². The number of carbonyl (C=O) groups is 2. The van der Waals surface area contributed by atoms with Crippen molar-refractivity contribution in [3.05, 3.63) is 64.6 Å². The monoisotopic (exact) mass is 435 g/mol. The fourth-order valence-corrected chi connectivity index (χ4v) is 3.92. The average molecular weight is 436 g/mol. The molecule has 1 amide bonds. The molecule has 2 aromatic carbocycles. The van der Waals surface area contributed by atoms with Gasteiger partial charge in [-0.05, 0) is 67.6 Å². The zero-order valence-electron chi connectivity index (χ0n) is 17.2. The van der Waals surface area contributed by atoms with Gasteiger partial charge in [-0.2, -0.15) is 5.26 Å². The quantitative estimate of drug-likeness (QED) is 0.473. The molecule has 3 rings (SSSR count). The zero-order chi connectivity index (χ0) is 22.2. The Morgan fingerprint density at radius 2 is 2.03 bits per heavy atom. The minimum absolute atomic E-state index is 0.0427. The zero-order valence-corrected chi connectivity index (χ0v) is 18.0. The summed E-state index contributed by atoms with van der Waals surface area (Å²) >= 11 is 1.27. The molecule has 0 bridgehead atoms. The van der Waals surface area contributed by atoms with Crippen molar-refractivity contribution in [1.29, 1.82) is 5.26 Å². The standard InChI is InChI=1S/C23H21N3O4S/c1-3-26-21(27)20(14-16-7-5-10-19(13-16)30-12-11-24)31-23(26)25-18-9-6-8-17(15-18)22(28)29-4-2/h5-10,13-15H,3-4,12H2,1-2H3. The molecular formula is C23H21N3O4S. The highest BCUT2D eigenvalue weighted by Gasteiger charge is 2.32. The molecule has 1 heterocycles. The number of nitrogens with zero attached hydrogens (tertiary/aromatic N) is 3. The van der Waals surface area contributed by atoms with Crippen molar-refractivity contribution in [2.24, 2.45) is 4.99 Å². The van der Waals surface area contributed by atoms with E-state index in [0.29, 0.717) is 40.2 Å². The number of thioether (sulfide) groups is 1. The van der Waals surface area contributed by atoms with Gasteiger partial charge in [-0.25, -0.2) is 9.79 Å². The van der Waals surface area contributed by atoms with Crippen LogP contribution in [0, 0.1) is 11.3 Å². The first-order valence-electron chi connectivity index (χ1n) is 9.72. The Labute approximate surface area is 185 Å². The molecule has 0 spiro atoms. The van der Waals surface area contributed by atoms with Gasteiger partial charge in [-0.3, -0.25) is 9.69 Å². The lowest BCUT2D eigenvalue weighted by Gasteiger charge is -2.12. The van der Waals surface area contributed by atoms with Gasteiger partial charge in [0.15, 0.2) is 11.8 Å². The van der Waals surface area contributed by atoms with Gasteiger partial charge in [0, 0.05) is 6.54 Å². The van der Waals surface area contributed by atoms with Crippen LogP contribution in [0.15, 0.2) is 58.4 Å². The van der Waals surface area contributed by atoms with Crippen LogP contribution in [0.5, 0.6) is 5.75 Å². The Kier molecular flexibility index (Phi) is 7.46. The van der Waals surface area contributed by atoms with Gasteiger partial charge in [-0.15, -0.1) is 0 Å². The van der Waals surface area contributed by atoms with Gasteiger partial charge in [-0.1, -0.05) is 18.2 Å². The van der Waals surface area contributed by atoms with E-state index in [9.17, 15) is 9.59 Å². The predicted octanol–water partition coefficient (Wildman–Crippen LogP) is 4.39. The number of hydrogen-bond acceptors (Lipinski definition) is 7. The SMILES string of the molecule is CCOC(=O)c1cccc(N=C2SC(=Cc3cccc(OCC#N)c3)C(=O)N2CC)c1. The van der Waals surface area contributed by atoms with Gasteiger partial charge in [0.1, 0.15) is 11.8 Å². The van der Waals surface area contributed by atoms with Crippen molar-refractivity contribution >= 4 is 40.6 Å². The Morgan fingerprint density at radius 1 is 1.23 bits per heavy atom. The third kappa shape index (κ3) is 5.53. The van der Waals surface area contributed by atoms with E-state index in [1.807, 2.05) is 19.1 Å². The number of hydrogen-bond donors (Lipinski definition) is 0. The van der Waals surface area contributed by atoms with Crippen LogP contribution in [0.1, 0.15) is 29.8 Å². The molecule has 1 saturated heterocycles. The highest BCUT2D eigenvalue weighted by Crippen LogP contribution is 2.34. The van der Waals surface area contributed by atoms with E-state index in [2.05, 4.69) is 4.99 Å². The number of esters is 1. The second-order valence-electron chi connectivity index (χ2n) is 6.34.